The molecule has 122 valence electrons. The number of rotatable bonds is 4. The zero-order valence-electron chi connectivity index (χ0n) is 13.1. The van der Waals surface area contributed by atoms with Gasteiger partial charge in [-0.2, -0.15) is 0 Å². The quantitative estimate of drug-likeness (QED) is 0.906. The molecule has 0 aromatic carbocycles. The molecule has 1 unspecified atom stereocenters. The Kier molecular flexibility index (Phi) is 3.63. The number of aryl methyl sites for hydroxylation is 1. The number of aliphatic hydroxyl groups is 1. The lowest BCUT2D eigenvalue weighted by Crippen LogP contribution is -2.44. The second-order valence-corrected chi connectivity index (χ2v) is 6.15. The Morgan fingerprint density at radius 1 is 1.48 bits per heavy atom. The van der Waals surface area contributed by atoms with Crippen LogP contribution in [0, 0.1) is 0 Å². The molecule has 2 aliphatic heterocycles. The van der Waals surface area contributed by atoms with Gasteiger partial charge in [-0.25, -0.2) is 4.68 Å². The largest absolute Gasteiger partial charge is 0.378 e. The van der Waals surface area contributed by atoms with Gasteiger partial charge in [-0.1, -0.05) is 18.2 Å². The highest BCUT2D eigenvalue weighted by atomic mass is 16.7. The number of nitrogens with zero attached hydrogens (tertiary/aromatic N) is 4. The molecule has 3 atom stereocenters. The van der Waals surface area contributed by atoms with Crippen molar-refractivity contribution < 1.29 is 14.6 Å². The predicted molar refractivity (Wildman–Crippen MR) is 80.5 cm³/mol. The van der Waals surface area contributed by atoms with Crippen LogP contribution in [0.25, 0.3) is 0 Å². The van der Waals surface area contributed by atoms with Crippen LogP contribution in [0.5, 0.6) is 0 Å². The maximum Gasteiger partial charge on any atom is 0.192 e. The molecule has 0 radical (unpaired) electrons. The van der Waals surface area contributed by atoms with Crippen molar-refractivity contribution in [2.24, 2.45) is 0 Å². The average molecular weight is 316 g/mol. The summed E-state index contributed by atoms with van der Waals surface area (Å²) in [6.07, 6.45) is 5.24. The van der Waals surface area contributed by atoms with Crippen molar-refractivity contribution in [3.8, 4) is 0 Å². The fraction of sp³-hybridized carbons (Fsp3) is 0.562. The van der Waals surface area contributed by atoms with Crippen LogP contribution in [-0.2, 0) is 28.0 Å². The fourth-order valence-electron chi connectivity index (χ4n) is 3.26. The summed E-state index contributed by atoms with van der Waals surface area (Å²) in [6, 6.07) is 4.00. The Morgan fingerprint density at radius 3 is 3.26 bits per heavy atom. The second kappa shape index (κ2) is 5.67. The Hall–Kier alpha value is -1.83. The van der Waals surface area contributed by atoms with E-state index in [4.69, 9.17) is 9.47 Å². The molecule has 7 nitrogen and oxygen atoms in total. The van der Waals surface area contributed by atoms with Gasteiger partial charge in [0, 0.05) is 6.20 Å². The van der Waals surface area contributed by atoms with Crippen LogP contribution in [-0.4, -0.2) is 44.1 Å². The first-order chi connectivity index (χ1) is 11.2. The summed E-state index contributed by atoms with van der Waals surface area (Å²) < 4.78 is 12.9. The van der Waals surface area contributed by atoms with E-state index >= 15 is 0 Å². The molecule has 2 fully saturated rings. The van der Waals surface area contributed by atoms with E-state index in [0.29, 0.717) is 25.3 Å². The molecule has 2 saturated heterocycles. The Labute approximate surface area is 134 Å². The zero-order chi connectivity index (χ0) is 15.9. The highest BCUT2D eigenvalue weighted by molar-refractivity contribution is 5.20. The normalized spacial score (nSPS) is 29.8. The zero-order valence-corrected chi connectivity index (χ0v) is 13.1. The maximum absolute atomic E-state index is 10.9. The van der Waals surface area contributed by atoms with Gasteiger partial charge >= 0.3 is 0 Å². The third-order valence-corrected chi connectivity index (χ3v) is 4.65. The number of aromatic nitrogens is 4. The molecule has 2 aromatic rings. The van der Waals surface area contributed by atoms with E-state index in [-0.39, 0.29) is 6.10 Å². The van der Waals surface area contributed by atoms with Crippen LogP contribution in [0.4, 0.5) is 0 Å². The van der Waals surface area contributed by atoms with Gasteiger partial charge in [-0.15, -0.1) is 5.10 Å². The molecule has 2 aliphatic rings. The van der Waals surface area contributed by atoms with Crippen molar-refractivity contribution in [1.29, 1.82) is 0 Å². The van der Waals surface area contributed by atoms with E-state index < -0.39 is 11.9 Å². The summed E-state index contributed by atoms with van der Waals surface area (Å²) in [5.41, 5.74) is 1.43. The number of hydrogen-bond acceptors (Lipinski definition) is 6. The van der Waals surface area contributed by atoms with Gasteiger partial charge in [0.2, 0.25) is 0 Å². The molecular weight excluding hydrogens is 296 g/mol. The lowest BCUT2D eigenvalue weighted by molar-refractivity contribution is -0.219. The van der Waals surface area contributed by atoms with Crippen LogP contribution >= 0.6 is 0 Å². The molecule has 23 heavy (non-hydrogen) atoms. The first-order valence-electron chi connectivity index (χ1n) is 8.02. The molecule has 4 rings (SSSR count). The van der Waals surface area contributed by atoms with Crippen LogP contribution in [0.2, 0.25) is 0 Å². The number of pyridine rings is 1. The lowest BCUT2D eigenvalue weighted by atomic mass is 9.90. The topological polar surface area (TPSA) is 82.3 Å². The van der Waals surface area contributed by atoms with Gasteiger partial charge in [-0.3, -0.25) is 4.98 Å². The molecular formula is C16H20N4O3. The summed E-state index contributed by atoms with van der Waals surface area (Å²) in [4.78, 5) is 4.42. The molecule has 0 aliphatic carbocycles. The van der Waals surface area contributed by atoms with E-state index in [1.165, 1.54) is 5.56 Å². The van der Waals surface area contributed by atoms with Crippen LogP contribution in [0.15, 0.2) is 24.5 Å². The molecule has 1 N–H and O–H groups in total. The van der Waals surface area contributed by atoms with Crippen molar-refractivity contribution in [3.63, 3.8) is 0 Å². The van der Waals surface area contributed by atoms with Crippen LogP contribution in [0.1, 0.15) is 36.7 Å². The third kappa shape index (κ3) is 2.54. The molecule has 0 amide bonds. The first-order valence-corrected chi connectivity index (χ1v) is 8.02. The minimum absolute atomic E-state index is 0.0935. The standard InChI is InChI=1S/C16H20N4O3/c1-2-11-4-3-7-17-13(11)8-20-9-14(18-19-20)16(21)6-5-12-10-22-15(16)23-12/h3-4,7,9,12,15,21H,2,5-6,8,10H2,1H3/t12-,15+,16?/m0/s1. The second-order valence-electron chi connectivity index (χ2n) is 6.15. The van der Waals surface area contributed by atoms with Crippen LogP contribution < -0.4 is 0 Å². The van der Waals surface area contributed by atoms with Crippen molar-refractivity contribution in [2.75, 3.05) is 6.61 Å². The van der Waals surface area contributed by atoms with Crippen molar-refractivity contribution in [3.05, 3.63) is 41.5 Å². The van der Waals surface area contributed by atoms with Crippen LogP contribution in [0.3, 0.4) is 0 Å². The maximum atomic E-state index is 10.9. The minimum Gasteiger partial charge on any atom is -0.378 e. The van der Waals surface area contributed by atoms with Gasteiger partial charge in [0.05, 0.1) is 31.1 Å². The average Bonchev–Trinajstić information content (AvgIpc) is 3.20. The molecule has 7 heteroatoms. The predicted octanol–water partition coefficient (Wildman–Crippen LogP) is 1.01. The molecule has 2 aromatic heterocycles. The van der Waals surface area contributed by atoms with E-state index in [9.17, 15) is 5.11 Å². The highest BCUT2D eigenvalue weighted by Gasteiger charge is 2.51. The monoisotopic (exact) mass is 316 g/mol. The van der Waals surface area contributed by atoms with E-state index in [1.807, 2.05) is 6.07 Å². The molecule has 0 spiro atoms. The number of ether oxygens (including phenoxy) is 2. The third-order valence-electron chi connectivity index (χ3n) is 4.65. The van der Waals surface area contributed by atoms with Gasteiger partial charge in [0.1, 0.15) is 5.69 Å². The van der Waals surface area contributed by atoms with E-state index in [2.05, 4.69) is 28.3 Å². The fourth-order valence-corrected chi connectivity index (χ4v) is 3.26. The van der Waals surface area contributed by atoms with E-state index in [1.54, 1.807) is 17.1 Å². The Bertz CT molecular complexity index is 704. The SMILES string of the molecule is CCc1cccnc1Cn1cc(C2(O)CC[C@H]3CO[C@@H]2O3)nn1. The number of hydrogen-bond donors (Lipinski definition) is 1. The van der Waals surface area contributed by atoms with Gasteiger partial charge in [0.15, 0.2) is 11.9 Å². The van der Waals surface area contributed by atoms with Gasteiger partial charge < -0.3 is 14.6 Å². The molecule has 2 bridgehead atoms. The summed E-state index contributed by atoms with van der Waals surface area (Å²) in [5.74, 6) is 0. The lowest BCUT2D eigenvalue weighted by Gasteiger charge is -2.34. The van der Waals surface area contributed by atoms with E-state index in [0.717, 1.165) is 18.5 Å². The summed E-state index contributed by atoms with van der Waals surface area (Å²) >= 11 is 0. The molecule has 4 heterocycles. The van der Waals surface area contributed by atoms with Crippen molar-refractivity contribution in [2.45, 2.75) is 50.7 Å². The number of fused-ring (bicyclic) bond motifs is 2. The Morgan fingerprint density at radius 2 is 2.39 bits per heavy atom. The minimum atomic E-state index is -1.22. The van der Waals surface area contributed by atoms with Gasteiger partial charge in [-0.05, 0) is 30.9 Å². The van der Waals surface area contributed by atoms with Gasteiger partial charge in [0.25, 0.3) is 0 Å². The Balaban J connectivity index is 1.57. The first kappa shape index (κ1) is 14.7. The van der Waals surface area contributed by atoms with Crippen molar-refractivity contribution in [1.82, 2.24) is 20.0 Å². The summed E-state index contributed by atoms with van der Waals surface area (Å²) in [5, 5.41) is 19.2. The van der Waals surface area contributed by atoms with Crippen molar-refractivity contribution >= 4 is 0 Å². The smallest absolute Gasteiger partial charge is 0.192 e. The highest BCUT2D eigenvalue weighted by Crippen LogP contribution is 2.40. The molecule has 0 saturated carbocycles. The summed E-state index contributed by atoms with van der Waals surface area (Å²) in [6.45, 7) is 3.17. The summed E-state index contributed by atoms with van der Waals surface area (Å²) in [7, 11) is 0.